The normalized spacial score (nSPS) is 14.0. The van der Waals surface area contributed by atoms with Gasteiger partial charge in [-0.15, -0.1) is 0 Å². The predicted octanol–water partition coefficient (Wildman–Crippen LogP) is 1.53. The van der Waals surface area contributed by atoms with Crippen LogP contribution in [0.5, 0.6) is 0 Å². The highest BCUT2D eigenvalue weighted by atomic mass is 19.1. The van der Waals surface area contributed by atoms with Crippen molar-refractivity contribution in [3.63, 3.8) is 0 Å². The predicted molar refractivity (Wildman–Crippen MR) is 30.4 cm³/mol. The van der Waals surface area contributed by atoms with Crippen LogP contribution in [0.2, 0.25) is 0 Å². The van der Waals surface area contributed by atoms with Crippen LogP contribution in [0.4, 0.5) is 8.78 Å². The Labute approximate surface area is 52.2 Å². The minimum Gasteiger partial charge on any atom is -0.411 e. The van der Waals surface area contributed by atoms with Gasteiger partial charge in [0, 0.05) is 0 Å². The minimum atomic E-state index is -1.86. The van der Waals surface area contributed by atoms with Crippen molar-refractivity contribution in [3.8, 4) is 0 Å². The third kappa shape index (κ3) is 2.39. The van der Waals surface area contributed by atoms with Crippen molar-refractivity contribution in [3.05, 3.63) is 0 Å². The summed E-state index contributed by atoms with van der Waals surface area (Å²) < 4.78 is 24.1. The zero-order chi connectivity index (χ0) is 7.49. The van der Waals surface area contributed by atoms with E-state index in [0.29, 0.717) is 0 Å². The Morgan fingerprint density at radius 3 is 2.11 bits per heavy atom. The number of alkyl halides is 2. The maximum Gasteiger partial charge on any atom is 0.149 e. The molecule has 0 heterocycles. The van der Waals surface area contributed by atoms with Gasteiger partial charge in [-0.3, -0.25) is 0 Å². The van der Waals surface area contributed by atoms with Crippen LogP contribution in [-0.2, 0) is 0 Å². The van der Waals surface area contributed by atoms with Gasteiger partial charge in [0.2, 0.25) is 0 Å². The molecule has 0 fully saturated rings. The highest BCUT2D eigenvalue weighted by molar-refractivity contribution is 5.92. The van der Waals surface area contributed by atoms with Crippen molar-refractivity contribution >= 4 is 5.71 Å². The summed E-state index contributed by atoms with van der Waals surface area (Å²) in [5.74, 6) is 0. The third-order valence-corrected chi connectivity index (χ3v) is 0.934. The second-order valence-corrected chi connectivity index (χ2v) is 2.15. The summed E-state index contributed by atoms with van der Waals surface area (Å²) in [5, 5.41) is 10.4. The van der Waals surface area contributed by atoms with Crippen molar-refractivity contribution in [2.45, 2.75) is 19.5 Å². The molecule has 0 rings (SSSR count). The third-order valence-electron chi connectivity index (χ3n) is 0.934. The monoisotopic (exact) mass is 137 g/mol. The Morgan fingerprint density at radius 1 is 1.67 bits per heavy atom. The Balaban J connectivity index is 4.14. The molecule has 0 aromatic heterocycles. The Hall–Kier alpha value is -0.670. The van der Waals surface area contributed by atoms with Gasteiger partial charge in [0.1, 0.15) is 18.1 Å². The number of halogens is 2. The molecule has 0 saturated carbocycles. The lowest BCUT2D eigenvalue weighted by molar-refractivity contribution is 0.267. The quantitative estimate of drug-likeness (QED) is 0.349. The Kier molecular flexibility index (Phi) is 2.55. The van der Waals surface area contributed by atoms with Gasteiger partial charge in [-0.2, -0.15) is 0 Å². The Bertz CT molecular complexity index is 117. The number of hydrogen-bond donors (Lipinski definition) is 1. The fraction of sp³-hybridized carbons (Fsp3) is 0.800. The summed E-state index contributed by atoms with van der Waals surface area (Å²) in [6.45, 7) is 1.20. The van der Waals surface area contributed by atoms with Crippen LogP contribution >= 0.6 is 0 Å². The number of rotatable bonds is 2. The van der Waals surface area contributed by atoms with E-state index in [2.05, 4.69) is 5.16 Å². The maximum atomic E-state index is 12.5. The molecule has 4 heteroatoms. The van der Waals surface area contributed by atoms with Crippen molar-refractivity contribution in [2.24, 2.45) is 5.16 Å². The first-order valence-electron chi connectivity index (χ1n) is 2.48. The molecule has 0 aliphatic heterocycles. The van der Waals surface area contributed by atoms with Crippen LogP contribution in [0.15, 0.2) is 5.16 Å². The molecule has 1 N–H and O–H groups in total. The number of hydrogen-bond acceptors (Lipinski definition) is 2. The second-order valence-electron chi connectivity index (χ2n) is 2.15. The lowest BCUT2D eigenvalue weighted by Gasteiger charge is -2.11. The van der Waals surface area contributed by atoms with Crippen LogP contribution in [0.25, 0.3) is 0 Å². The van der Waals surface area contributed by atoms with Gasteiger partial charge < -0.3 is 5.21 Å². The van der Waals surface area contributed by atoms with E-state index in [-0.39, 0.29) is 0 Å². The molecular weight excluding hydrogens is 128 g/mol. The smallest absolute Gasteiger partial charge is 0.149 e. The van der Waals surface area contributed by atoms with Gasteiger partial charge in [-0.05, 0) is 13.8 Å². The minimum absolute atomic E-state index is 0.484. The highest BCUT2D eigenvalue weighted by Gasteiger charge is 2.24. The largest absolute Gasteiger partial charge is 0.411 e. The topological polar surface area (TPSA) is 32.6 Å². The summed E-state index contributed by atoms with van der Waals surface area (Å²) in [4.78, 5) is 0. The molecule has 0 unspecified atom stereocenters. The zero-order valence-corrected chi connectivity index (χ0v) is 5.36. The van der Waals surface area contributed by atoms with Gasteiger partial charge in [0.15, 0.2) is 0 Å². The first-order chi connectivity index (χ1) is 4.02. The molecule has 0 bridgehead atoms. The molecular formula is C5H9F2NO. The number of nitrogens with zero attached hydrogens (tertiary/aromatic N) is 1. The van der Waals surface area contributed by atoms with Crippen molar-refractivity contribution in [2.75, 3.05) is 6.67 Å². The first-order valence-corrected chi connectivity index (χ1v) is 2.48. The van der Waals surface area contributed by atoms with Crippen molar-refractivity contribution < 1.29 is 14.0 Å². The first kappa shape index (κ1) is 8.33. The molecule has 0 atom stereocenters. The lowest BCUT2D eigenvalue weighted by Crippen LogP contribution is -2.27. The van der Waals surface area contributed by atoms with Crippen LogP contribution in [0.1, 0.15) is 13.8 Å². The molecule has 54 valence electrons. The molecule has 9 heavy (non-hydrogen) atoms. The average molecular weight is 137 g/mol. The molecule has 0 aromatic rings. The Morgan fingerprint density at radius 2 is 2.11 bits per heavy atom. The van der Waals surface area contributed by atoms with Gasteiger partial charge >= 0.3 is 0 Å². The van der Waals surface area contributed by atoms with Crippen molar-refractivity contribution in [1.82, 2.24) is 0 Å². The van der Waals surface area contributed by atoms with E-state index < -0.39 is 18.1 Å². The summed E-state index contributed by atoms with van der Waals surface area (Å²) in [7, 11) is 0. The summed E-state index contributed by atoms with van der Waals surface area (Å²) in [6, 6.07) is 0. The molecule has 0 aliphatic rings. The van der Waals surface area contributed by atoms with E-state index in [1.165, 1.54) is 0 Å². The van der Waals surface area contributed by atoms with E-state index in [0.717, 1.165) is 13.8 Å². The fourth-order valence-electron chi connectivity index (χ4n) is 0.305. The van der Waals surface area contributed by atoms with Crippen LogP contribution < -0.4 is 0 Å². The maximum absolute atomic E-state index is 12.5. The van der Waals surface area contributed by atoms with E-state index >= 15 is 0 Å². The lowest BCUT2D eigenvalue weighted by atomic mass is 10.1. The molecule has 0 amide bonds. The van der Waals surface area contributed by atoms with Gasteiger partial charge in [0.05, 0.1) is 0 Å². The summed E-state index contributed by atoms with van der Waals surface area (Å²) in [5.41, 5.74) is -2.34. The van der Waals surface area contributed by atoms with E-state index in [4.69, 9.17) is 5.21 Å². The molecule has 0 aromatic carbocycles. The SMILES string of the molecule is CC(C)(F)C(CF)=NO. The van der Waals surface area contributed by atoms with E-state index in [1.54, 1.807) is 0 Å². The second kappa shape index (κ2) is 2.75. The number of oxime groups is 1. The highest BCUT2D eigenvalue weighted by Crippen LogP contribution is 2.10. The van der Waals surface area contributed by atoms with E-state index in [9.17, 15) is 8.78 Å². The molecule has 0 radical (unpaired) electrons. The van der Waals surface area contributed by atoms with Gasteiger partial charge in [-0.25, -0.2) is 8.78 Å². The van der Waals surface area contributed by atoms with Crippen molar-refractivity contribution in [1.29, 1.82) is 0 Å². The van der Waals surface area contributed by atoms with Gasteiger partial charge in [-0.1, -0.05) is 5.16 Å². The molecule has 2 nitrogen and oxygen atoms in total. The van der Waals surface area contributed by atoms with Crippen LogP contribution in [-0.4, -0.2) is 23.3 Å². The summed E-state index contributed by atoms with van der Waals surface area (Å²) >= 11 is 0. The summed E-state index contributed by atoms with van der Waals surface area (Å²) in [6.07, 6.45) is 0. The zero-order valence-electron chi connectivity index (χ0n) is 5.36. The van der Waals surface area contributed by atoms with E-state index in [1.807, 2.05) is 0 Å². The fourth-order valence-corrected chi connectivity index (χ4v) is 0.305. The van der Waals surface area contributed by atoms with Crippen LogP contribution in [0, 0.1) is 0 Å². The molecule has 0 aliphatic carbocycles. The standard InChI is InChI=1S/C5H9F2NO/c1-5(2,7)4(3-6)8-9/h9H,3H2,1-2H3. The van der Waals surface area contributed by atoms with Gasteiger partial charge in [0.25, 0.3) is 0 Å². The average Bonchev–Trinajstić information content (AvgIpc) is 1.65. The van der Waals surface area contributed by atoms with Crippen LogP contribution in [0.3, 0.4) is 0 Å². The molecule has 0 spiro atoms. The molecule has 0 saturated heterocycles.